The first-order valence-electron chi connectivity index (χ1n) is 12.4. The lowest BCUT2D eigenvalue weighted by molar-refractivity contribution is -0.385. The molecule has 15 nitrogen and oxygen atoms in total. The smallest absolute Gasteiger partial charge is 0.283 e. The molecule has 0 bridgehead atoms. The summed E-state index contributed by atoms with van der Waals surface area (Å²) in [5.41, 5.74) is -1.20. The second-order valence-electron chi connectivity index (χ2n) is 9.46. The van der Waals surface area contributed by atoms with Gasteiger partial charge in [-0.2, -0.15) is 16.8 Å². The predicted octanol–water partition coefficient (Wildman–Crippen LogP) is 0.313. The molecular weight excluding hydrogens is 592 g/mol. The van der Waals surface area contributed by atoms with Gasteiger partial charge in [-0.3, -0.25) is 28.2 Å². The Hall–Kier alpha value is -2.38. The number of benzene rings is 1. The summed E-state index contributed by atoms with van der Waals surface area (Å²) >= 11 is 0. The first-order chi connectivity index (χ1) is 18.4. The van der Waals surface area contributed by atoms with Crippen molar-refractivity contribution in [2.24, 2.45) is 0 Å². The molecule has 18 heteroatoms. The van der Waals surface area contributed by atoms with Crippen molar-refractivity contribution in [3.8, 4) is 0 Å². The lowest BCUT2D eigenvalue weighted by Crippen LogP contribution is -2.50. The Kier molecular flexibility index (Phi) is 11.4. The average molecular weight is 629 g/mol. The molecule has 1 heterocycles. The van der Waals surface area contributed by atoms with Crippen LogP contribution < -0.4 is 4.90 Å². The molecule has 0 saturated carbocycles. The number of sulfone groups is 1. The Labute approximate surface area is 235 Å². The van der Waals surface area contributed by atoms with E-state index in [0.29, 0.717) is 26.2 Å². The van der Waals surface area contributed by atoms with Gasteiger partial charge in [0.25, 0.3) is 31.8 Å². The summed E-state index contributed by atoms with van der Waals surface area (Å²) < 4.78 is 81.7. The molecule has 0 radical (unpaired) electrons. The topological polar surface area (TPSA) is 191 Å². The Bertz CT molecular complexity index is 1370. The highest BCUT2D eigenvalue weighted by Crippen LogP contribution is 2.34. The largest absolute Gasteiger partial charge is 0.366 e. The standard InChI is InChI=1S/C22H36N4O11S3/c1-6-40(34,35)21-16-19(26(28)29)18(22(27)25-9-7-23(8-10-25)17(2)3)15-20(21)24(11-13-36-38(4,30)31)12-14-37-39(5,32)33/h15-17H,6-14H2,1-5H3. The van der Waals surface area contributed by atoms with E-state index in [0.717, 1.165) is 24.6 Å². The zero-order chi connectivity index (χ0) is 30.5. The molecule has 0 unspecified atom stereocenters. The number of nitro benzene ring substituents is 1. The van der Waals surface area contributed by atoms with Crippen molar-refractivity contribution in [3.63, 3.8) is 0 Å². The van der Waals surface area contributed by atoms with E-state index in [4.69, 9.17) is 8.37 Å². The number of hydrogen-bond donors (Lipinski definition) is 0. The van der Waals surface area contributed by atoms with Gasteiger partial charge in [-0.1, -0.05) is 6.92 Å². The summed E-state index contributed by atoms with van der Waals surface area (Å²) in [6.45, 7) is 5.58. The molecule has 1 saturated heterocycles. The van der Waals surface area contributed by atoms with Crippen molar-refractivity contribution >= 4 is 47.4 Å². The van der Waals surface area contributed by atoms with E-state index >= 15 is 0 Å². The number of rotatable bonds is 14. The third-order valence-electron chi connectivity index (χ3n) is 6.21. The normalized spacial score (nSPS) is 15.4. The van der Waals surface area contributed by atoms with Crippen molar-refractivity contribution in [1.82, 2.24) is 9.80 Å². The molecule has 0 aromatic heterocycles. The second-order valence-corrected chi connectivity index (χ2v) is 15.0. The van der Waals surface area contributed by atoms with Crippen molar-refractivity contribution in [2.75, 3.05) is 75.6 Å². The molecular formula is C22H36N4O11S3. The molecule has 0 spiro atoms. The molecule has 1 aromatic carbocycles. The minimum atomic E-state index is -4.12. The average Bonchev–Trinajstić information content (AvgIpc) is 2.85. The van der Waals surface area contributed by atoms with E-state index in [-0.39, 0.29) is 30.4 Å². The molecule has 0 N–H and O–H groups in total. The maximum atomic E-state index is 13.5. The van der Waals surface area contributed by atoms with Crippen LogP contribution in [0.1, 0.15) is 31.1 Å². The van der Waals surface area contributed by atoms with Crippen LogP contribution in [0.2, 0.25) is 0 Å². The van der Waals surface area contributed by atoms with Crippen LogP contribution in [0.15, 0.2) is 17.0 Å². The fourth-order valence-corrected chi connectivity index (χ4v) is 5.96. The monoisotopic (exact) mass is 628 g/mol. The summed E-state index contributed by atoms with van der Waals surface area (Å²) in [5, 5.41) is 12.0. The number of hydrogen-bond acceptors (Lipinski definition) is 13. The van der Waals surface area contributed by atoms with E-state index in [1.807, 2.05) is 13.8 Å². The Morgan fingerprint density at radius 2 is 1.48 bits per heavy atom. The summed E-state index contributed by atoms with van der Waals surface area (Å²) in [4.78, 5) is 29.1. The summed E-state index contributed by atoms with van der Waals surface area (Å²) in [5.74, 6) is -1.11. The molecule has 1 aliphatic rings. The molecule has 1 aliphatic heterocycles. The van der Waals surface area contributed by atoms with E-state index in [1.165, 1.54) is 16.7 Å². The zero-order valence-electron chi connectivity index (χ0n) is 23.1. The number of carbonyl (C=O) groups excluding carboxylic acids is 1. The van der Waals surface area contributed by atoms with Crippen LogP contribution in [-0.4, -0.2) is 123 Å². The number of amides is 1. The minimum Gasteiger partial charge on any atom is -0.366 e. The summed E-state index contributed by atoms with van der Waals surface area (Å²) in [7, 11) is -11.9. The van der Waals surface area contributed by atoms with Gasteiger partial charge in [0, 0.05) is 51.4 Å². The van der Waals surface area contributed by atoms with Crippen molar-refractivity contribution < 1.29 is 43.3 Å². The lowest BCUT2D eigenvalue weighted by atomic mass is 10.1. The SMILES string of the molecule is CCS(=O)(=O)c1cc([N+](=O)[O-])c(C(=O)N2CCN(C(C)C)CC2)cc1N(CCOS(C)(=O)=O)CCOS(C)(=O)=O. The summed E-state index contributed by atoms with van der Waals surface area (Å²) in [6.07, 6.45) is 1.64. The Balaban J connectivity index is 2.64. The number of piperazine rings is 1. The minimum absolute atomic E-state index is 0.147. The molecule has 40 heavy (non-hydrogen) atoms. The van der Waals surface area contributed by atoms with Crippen LogP contribution in [0, 0.1) is 10.1 Å². The number of nitrogens with zero attached hydrogens (tertiary/aromatic N) is 4. The van der Waals surface area contributed by atoms with Crippen LogP contribution in [-0.2, 0) is 38.4 Å². The molecule has 1 amide bonds. The fraction of sp³-hybridized carbons (Fsp3) is 0.682. The van der Waals surface area contributed by atoms with Crippen molar-refractivity contribution in [1.29, 1.82) is 0 Å². The van der Waals surface area contributed by atoms with Crippen LogP contribution in [0.5, 0.6) is 0 Å². The predicted molar refractivity (Wildman–Crippen MR) is 147 cm³/mol. The summed E-state index contributed by atoms with van der Waals surface area (Å²) in [6, 6.07) is 2.14. The Morgan fingerprint density at radius 3 is 1.88 bits per heavy atom. The third-order valence-corrected chi connectivity index (χ3v) is 9.16. The maximum Gasteiger partial charge on any atom is 0.283 e. The Morgan fingerprint density at radius 1 is 0.975 bits per heavy atom. The van der Waals surface area contributed by atoms with E-state index in [9.17, 15) is 40.2 Å². The van der Waals surface area contributed by atoms with Gasteiger partial charge in [0.1, 0.15) is 5.56 Å². The molecule has 1 fully saturated rings. The van der Waals surface area contributed by atoms with Gasteiger partial charge in [0.15, 0.2) is 9.84 Å². The quantitative estimate of drug-likeness (QED) is 0.156. The highest BCUT2D eigenvalue weighted by atomic mass is 32.2. The second kappa shape index (κ2) is 13.5. The van der Waals surface area contributed by atoms with Crippen LogP contribution in [0.3, 0.4) is 0 Å². The van der Waals surface area contributed by atoms with Gasteiger partial charge in [-0.15, -0.1) is 0 Å². The van der Waals surface area contributed by atoms with E-state index in [2.05, 4.69) is 4.90 Å². The van der Waals surface area contributed by atoms with Gasteiger partial charge >= 0.3 is 0 Å². The van der Waals surface area contributed by atoms with Gasteiger partial charge in [0.2, 0.25) is 0 Å². The molecule has 1 aromatic rings. The zero-order valence-corrected chi connectivity index (χ0v) is 25.5. The van der Waals surface area contributed by atoms with E-state index in [1.54, 1.807) is 0 Å². The first kappa shape index (κ1) is 33.8. The number of carbonyl (C=O) groups is 1. The number of anilines is 1. The van der Waals surface area contributed by atoms with Gasteiger partial charge in [0.05, 0.1) is 47.0 Å². The lowest BCUT2D eigenvalue weighted by Gasteiger charge is -2.37. The molecule has 2 rings (SSSR count). The molecule has 0 aliphatic carbocycles. The van der Waals surface area contributed by atoms with Gasteiger partial charge in [-0.25, -0.2) is 8.42 Å². The third kappa shape index (κ3) is 9.62. The number of nitro groups is 1. The van der Waals surface area contributed by atoms with Crippen LogP contribution >= 0.6 is 0 Å². The molecule has 228 valence electrons. The van der Waals surface area contributed by atoms with Gasteiger partial charge < -0.3 is 9.80 Å². The van der Waals surface area contributed by atoms with Crippen molar-refractivity contribution in [3.05, 3.63) is 27.8 Å². The molecule has 0 atom stereocenters. The highest BCUT2D eigenvalue weighted by Gasteiger charge is 2.33. The maximum absolute atomic E-state index is 13.5. The van der Waals surface area contributed by atoms with E-state index < -0.39 is 70.5 Å². The van der Waals surface area contributed by atoms with Crippen LogP contribution in [0.4, 0.5) is 11.4 Å². The fourth-order valence-electron chi connectivity index (χ4n) is 4.09. The van der Waals surface area contributed by atoms with Crippen molar-refractivity contribution in [2.45, 2.75) is 31.7 Å². The first-order valence-corrected chi connectivity index (χ1v) is 17.7. The highest BCUT2D eigenvalue weighted by molar-refractivity contribution is 7.91. The van der Waals surface area contributed by atoms with Gasteiger partial charge in [-0.05, 0) is 19.9 Å². The van der Waals surface area contributed by atoms with Crippen LogP contribution in [0.25, 0.3) is 0 Å².